The number of amides is 2. The van der Waals surface area contributed by atoms with Crippen LogP contribution < -0.4 is 16.4 Å². The zero-order valence-electron chi connectivity index (χ0n) is 21.4. The van der Waals surface area contributed by atoms with E-state index in [0.717, 1.165) is 5.56 Å². The van der Waals surface area contributed by atoms with Gasteiger partial charge in [0.15, 0.2) is 0 Å². The Kier molecular flexibility index (Phi) is 13.8. The molecule has 40 heavy (non-hydrogen) atoms. The van der Waals surface area contributed by atoms with Crippen molar-refractivity contribution in [3.8, 4) is 0 Å². The smallest absolute Gasteiger partial charge is 0.480 e. The van der Waals surface area contributed by atoms with Crippen molar-refractivity contribution in [1.82, 2.24) is 10.6 Å². The van der Waals surface area contributed by atoms with Crippen LogP contribution >= 0.6 is 0 Å². The zero-order valence-corrected chi connectivity index (χ0v) is 21.4. The summed E-state index contributed by atoms with van der Waals surface area (Å²) >= 11 is 0. The van der Waals surface area contributed by atoms with Crippen LogP contribution in [0.15, 0.2) is 60.7 Å². The number of benzene rings is 2. The van der Waals surface area contributed by atoms with Gasteiger partial charge in [-0.3, -0.25) is 9.59 Å². The first-order valence-electron chi connectivity index (χ1n) is 11.9. The minimum atomic E-state index is -5.08. The Bertz CT molecular complexity index is 1130. The number of nitrogens with one attached hydrogen (secondary N) is 2. The van der Waals surface area contributed by atoms with Gasteiger partial charge < -0.3 is 31.3 Å². The second-order valence-electron chi connectivity index (χ2n) is 8.31. The second-order valence-corrected chi connectivity index (χ2v) is 8.31. The number of rotatable bonds is 12. The molecule has 14 heteroatoms. The van der Waals surface area contributed by atoms with Crippen LogP contribution in [0.25, 0.3) is 0 Å². The molecule has 0 unspecified atom stereocenters. The number of carbonyl (C=O) groups excluding carboxylic acids is 3. The first-order valence-corrected chi connectivity index (χ1v) is 11.9. The van der Waals surface area contributed by atoms with Crippen LogP contribution in [0.4, 0.5) is 13.2 Å². The number of carboxylic acids is 2. The van der Waals surface area contributed by atoms with Crippen LogP contribution in [0.3, 0.4) is 0 Å². The minimum Gasteiger partial charge on any atom is -0.480 e. The number of carboxylic acid groups (broad SMARTS) is 2. The molecule has 0 fully saturated rings. The van der Waals surface area contributed by atoms with Crippen LogP contribution in [-0.2, 0) is 30.3 Å². The number of nitrogens with two attached hydrogens (primary N) is 1. The topological polar surface area (TPSA) is 185 Å². The van der Waals surface area contributed by atoms with E-state index >= 15 is 0 Å². The minimum absolute atomic E-state index is 0.207. The maximum absolute atomic E-state index is 12.8. The van der Waals surface area contributed by atoms with E-state index in [0.29, 0.717) is 6.42 Å². The fraction of sp³-hybridized carbons (Fsp3) is 0.346. The molecule has 0 aliphatic rings. The predicted octanol–water partition coefficient (Wildman–Crippen LogP) is 1.90. The Morgan fingerprint density at radius 2 is 1.38 bits per heavy atom. The zero-order chi connectivity index (χ0) is 30.3. The fourth-order valence-corrected chi connectivity index (χ4v) is 3.06. The van der Waals surface area contributed by atoms with Crippen LogP contribution in [0.2, 0.25) is 0 Å². The van der Waals surface area contributed by atoms with E-state index in [1.54, 1.807) is 37.3 Å². The summed E-state index contributed by atoms with van der Waals surface area (Å²) in [6.07, 6.45) is -4.11. The molecule has 218 valence electrons. The summed E-state index contributed by atoms with van der Waals surface area (Å²) < 4.78 is 36.9. The monoisotopic (exact) mass is 569 g/mol. The summed E-state index contributed by atoms with van der Waals surface area (Å²) in [5, 5.41) is 21.3. The van der Waals surface area contributed by atoms with Gasteiger partial charge in [-0.15, -0.1) is 0 Å². The van der Waals surface area contributed by atoms with Crippen molar-refractivity contribution in [1.29, 1.82) is 0 Å². The lowest BCUT2D eigenvalue weighted by molar-refractivity contribution is -0.192. The van der Waals surface area contributed by atoms with E-state index in [4.69, 9.17) is 20.4 Å². The summed E-state index contributed by atoms with van der Waals surface area (Å²) in [7, 11) is 0. The molecule has 3 atom stereocenters. The van der Waals surface area contributed by atoms with E-state index in [9.17, 15) is 37.5 Å². The van der Waals surface area contributed by atoms with Crippen LogP contribution in [0.5, 0.6) is 0 Å². The van der Waals surface area contributed by atoms with Crippen LogP contribution in [0, 0.1) is 0 Å². The van der Waals surface area contributed by atoms with Gasteiger partial charge in [-0.2, -0.15) is 13.2 Å². The summed E-state index contributed by atoms with van der Waals surface area (Å²) in [6.45, 7) is 1.30. The molecule has 0 saturated carbocycles. The first kappa shape index (κ1) is 33.6. The first-order chi connectivity index (χ1) is 18.8. The highest BCUT2D eigenvalue weighted by atomic mass is 19.4. The molecular formula is C26H30F3N3O8. The average molecular weight is 570 g/mol. The highest BCUT2D eigenvalue weighted by molar-refractivity contribution is 5.93. The Morgan fingerprint density at radius 1 is 0.875 bits per heavy atom. The molecule has 2 amide bonds. The highest BCUT2D eigenvalue weighted by Gasteiger charge is 2.38. The van der Waals surface area contributed by atoms with Crippen molar-refractivity contribution in [3.63, 3.8) is 0 Å². The van der Waals surface area contributed by atoms with E-state index in [-0.39, 0.29) is 18.4 Å². The van der Waals surface area contributed by atoms with Gasteiger partial charge >= 0.3 is 24.1 Å². The molecule has 2 aromatic carbocycles. The highest BCUT2D eigenvalue weighted by Crippen LogP contribution is 2.13. The Balaban J connectivity index is 0.00000101. The third kappa shape index (κ3) is 12.4. The van der Waals surface area contributed by atoms with Gasteiger partial charge in [0, 0.05) is 0 Å². The molecule has 0 aliphatic carbocycles. The molecule has 0 bridgehead atoms. The molecule has 2 aromatic rings. The van der Waals surface area contributed by atoms with Gasteiger partial charge in [-0.1, -0.05) is 61.9 Å². The number of ether oxygens (including phenoxy) is 1. The molecular weight excluding hydrogens is 539 g/mol. The van der Waals surface area contributed by atoms with Crippen LogP contribution in [-0.4, -0.2) is 70.8 Å². The third-order valence-electron chi connectivity index (χ3n) is 5.09. The van der Waals surface area contributed by atoms with Crippen molar-refractivity contribution in [2.24, 2.45) is 5.73 Å². The average Bonchev–Trinajstić information content (AvgIpc) is 2.91. The molecule has 6 N–H and O–H groups in total. The predicted molar refractivity (Wildman–Crippen MR) is 135 cm³/mol. The number of hydrogen-bond donors (Lipinski definition) is 5. The third-order valence-corrected chi connectivity index (χ3v) is 5.09. The number of esters is 1. The molecule has 0 saturated heterocycles. The molecule has 0 heterocycles. The summed E-state index contributed by atoms with van der Waals surface area (Å²) in [6, 6.07) is 13.9. The van der Waals surface area contributed by atoms with Crippen molar-refractivity contribution in [2.45, 2.75) is 50.5 Å². The largest absolute Gasteiger partial charge is 0.490 e. The number of hydrogen-bond acceptors (Lipinski definition) is 7. The van der Waals surface area contributed by atoms with Crippen molar-refractivity contribution < 1.29 is 52.1 Å². The molecule has 0 aliphatic heterocycles. The molecule has 11 nitrogen and oxygen atoms in total. The van der Waals surface area contributed by atoms with Crippen molar-refractivity contribution in [2.75, 3.05) is 6.61 Å². The molecule has 0 spiro atoms. The fourth-order valence-electron chi connectivity index (χ4n) is 3.06. The lowest BCUT2D eigenvalue weighted by Crippen LogP contribution is -2.56. The normalized spacial score (nSPS) is 12.9. The SMILES string of the molecule is CCC[C@H](NC(=O)[C@H](COC(=O)c1ccccc1)NC(=O)[C@@H](N)Cc1ccccc1)C(=O)O.O=C(O)C(F)(F)F. The maximum Gasteiger partial charge on any atom is 0.490 e. The summed E-state index contributed by atoms with van der Waals surface area (Å²) in [5.41, 5.74) is 7.11. The Morgan fingerprint density at radius 3 is 1.85 bits per heavy atom. The molecule has 0 aromatic heterocycles. The quantitative estimate of drug-likeness (QED) is 0.238. The van der Waals surface area contributed by atoms with Gasteiger partial charge in [0.2, 0.25) is 11.8 Å². The Labute approximate surface area is 227 Å². The number of carbonyl (C=O) groups is 5. The number of aliphatic carboxylic acids is 2. The summed E-state index contributed by atoms with van der Waals surface area (Å²) in [4.78, 5) is 58.0. The molecule has 2 rings (SSSR count). The molecule has 0 radical (unpaired) electrons. The van der Waals surface area contributed by atoms with Crippen LogP contribution in [0.1, 0.15) is 35.7 Å². The van der Waals surface area contributed by atoms with E-state index in [2.05, 4.69) is 10.6 Å². The van der Waals surface area contributed by atoms with E-state index in [1.165, 1.54) is 0 Å². The standard InChI is InChI=1S/C24H29N3O6.C2HF3O2/c1-2-9-19(23(30)31)26-22(29)20(15-33-24(32)17-12-7-4-8-13-17)27-21(28)18(25)14-16-10-5-3-6-11-16;3-2(4,5)1(6)7/h3-8,10-13,18-20H,2,9,14-15,25H2,1H3,(H,26,29)(H,27,28)(H,30,31);(H,6,7)/t18-,19-,20-;/m0./s1. The van der Waals surface area contributed by atoms with Crippen molar-refractivity contribution >= 4 is 29.7 Å². The van der Waals surface area contributed by atoms with Gasteiger partial charge in [-0.25, -0.2) is 14.4 Å². The number of alkyl halides is 3. The number of halogens is 3. The van der Waals surface area contributed by atoms with Gasteiger partial charge in [-0.05, 0) is 30.5 Å². The van der Waals surface area contributed by atoms with Gasteiger partial charge in [0.1, 0.15) is 18.7 Å². The maximum atomic E-state index is 12.8. The Hall–Kier alpha value is -4.46. The summed E-state index contributed by atoms with van der Waals surface area (Å²) in [5.74, 6) is -6.04. The van der Waals surface area contributed by atoms with E-state index < -0.39 is 60.6 Å². The second kappa shape index (κ2) is 16.5. The van der Waals surface area contributed by atoms with Crippen molar-refractivity contribution in [3.05, 3.63) is 71.8 Å². The van der Waals surface area contributed by atoms with Gasteiger partial charge in [0.05, 0.1) is 11.6 Å². The van der Waals surface area contributed by atoms with E-state index in [1.807, 2.05) is 30.3 Å². The lowest BCUT2D eigenvalue weighted by atomic mass is 10.1. The van der Waals surface area contributed by atoms with Gasteiger partial charge in [0.25, 0.3) is 0 Å². The lowest BCUT2D eigenvalue weighted by Gasteiger charge is -2.22.